The molecular weight excluding hydrogens is 320 g/mol. The maximum Gasteiger partial charge on any atom is 0.0527 e. The highest BCUT2D eigenvalue weighted by Crippen LogP contribution is 2.45. The van der Waals surface area contributed by atoms with E-state index < -0.39 is 0 Å². The van der Waals surface area contributed by atoms with E-state index in [1.165, 1.54) is 32.0 Å². The highest BCUT2D eigenvalue weighted by molar-refractivity contribution is 7.21. The fraction of sp³-hybridized carbons (Fsp3) is 0. The smallest absolute Gasteiger partial charge is 0.0527 e. The molecule has 0 aliphatic carbocycles. The average molecular weight is 331 g/mol. The summed E-state index contributed by atoms with van der Waals surface area (Å²) in [6.07, 6.45) is 0. The van der Waals surface area contributed by atoms with Crippen molar-refractivity contribution in [2.75, 3.05) is 0 Å². The molecule has 0 N–H and O–H groups in total. The van der Waals surface area contributed by atoms with E-state index in [-0.39, 0.29) is 0 Å². The summed E-state index contributed by atoms with van der Waals surface area (Å²) in [4.78, 5) is 2.78. The molecule has 4 aromatic heterocycles. The summed E-state index contributed by atoms with van der Waals surface area (Å²) in [5, 5.41) is 13.1. The minimum Gasteiger partial charge on any atom is -0.152 e. The van der Waals surface area contributed by atoms with Crippen LogP contribution < -0.4 is 0 Å². The first-order chi connectivity index (χ1) is 9.93. The first kappa shape index (κ1) is 12.5. The highest BCUT2D eigenvalue weighted by atomic mass is 32.1. The van der Waals surface area contributed by atoms with Crippen molar-refractivity contribution in [1.82, 2.24) is 0 Å². The van der Waals surface area contributed by atoms with Gasteiger partial charge in [0.15, 0.2) is 0 Å². The molecule has 0 unspecified atom stereocenters. The van der Waals surface area contributed by atoms with Gasteiger partial charge in [-0.15, -0.1) is 22.7 Å². The Morgan fingerprint density at radius 1 is 0.550 bits per heavy atom. The van der Waals surface area contributed by atoms with Crippen LogP contribution in [0.15, 0.2) is 56.5 Å². The van der Waals surface area contributed by atoms with E-state index in [1.807, 2.05) is 22.7 Å². The molecule has 0 nitrogen and oxygen atoms in total. The molecule has 0 atom stereocenters. The molecule has 4 aromatic rings. The summed E-state index contributed by atoms with van der Waals surface area (Å²) in [7, 11) is 0. The summed E-state index contributed by atoms with van der Waals surface area (Å²) in [5.41, 5.74) is 5.37. The van der Waals surface area contributed by atoms with Crippen LogP contribution >= 0.6 is 45.3 Å². The van der Waals surface area contributed by atoms with Gasteiger partial charge in [-0.25, -0.2) is 0 Å². The van der Waals surface area contributed by atoms with Crippen LogP contribution in [-0.2, 0) is 0 Å². The van der Waals surface area contributed by atoms with Crippen LogP contribution in [0.3, 0.4) is 0 Å². The first-order valence-electron chi connectivity index (χ1n) is 6.14. The van der Waals surface area contributed by atoms with Gasteiger partial charge in [-0.2, -0.15) is 22.7 Å². The third kappa shape index (κ3) is 2.09. The van der Waals surface area contributed by atoms with Crippen molar-refractivity contribution in [2.45, 2.75) is 0 Å². The zero-order valence-electron chi connectivity index (χ0n) is 10.4. The molecule has 0 aliphatic heterocycles. The second-order valence-corrected chi connectivity index (χ2v) is 7.74. The summed E-state index contributed by atoms with van der Waals surface area (Å²) in [6.45, 7) is 0. The van der Waals surface area contributed by atoms with Crippen LogP contribution in [0.4, 0.5) is 0 Å². The summed E-state index contributed by atoms with van der Waals surface area (Å²) < 4.78 is 0. The van der Waals surface area contributed by atoms with E-state index in [0.29, 0.717) is 0 Å². The Morgan fingerprint density at radius 2 is 1.05 bits per heavy atom. The van der Waals surface area contributed by atoms with Gasteiger partial charge in [0.2, 0.25) is 0 Å². The topological polar surface area (TPSA) is 0 Å². The van der Waals surface area contributed by atoms with Gasteiger partial charge < -0.3 is 0 Å². The molecule has 0 aromatic carbocycles. The maximum atomic E-state index is 2.24. The largest absolute Gasteiger partial charge is 0.152 e. The second kappa shape index (κ2) is 5.30. The third-order valence-corrected chi connectivity index (χ3v) is 6.56. The quantitative estimate of drug-likeness (QED) is 0.382. The molecule has 0 fully saturated rings. The van der Waals surface area contributed by atoms with Crippen molar-refractivity contribution in [1.29, 1.82) is 0 Å². The van der Waals surface area contributed by atoms with E-state index >= 15 is 0 Å². The molecule has 0 bridgehead atoms. The number of thiophene rings is 4. The molecule has 0 saturated heterocycles. The Balaban J connectivity index is 1.88. The van der Waals surface area contributed by atoms with Gasteiger partial charge in [0.1, 0.15) is 0 Å². The van der Waals surface area contributed by atoms with Crippen molar-refractivity contribution in [2.24, 2.45) is 0 Å². The first-order valence-corrected chi connectivity index (χ1v) is 9.78. The lowest BCUT2D eigenvalue weighted by Crippen LogP contribution is -1.76. The number of hydrogen-bond donors (Lipinski definition) is 0. The minimum absolute atomic E-state index is 1.33. The molecule has 0 spiro atoms. The van der Waals surface area contributed by atoms with Crippen LogP contribution in [0.25, 0.3) is 32.0 Å². The molecule has 0 aliphatic rings. The Morgan fingerprint density at radius 3 is 1.45 bits per heavy atom. The Labute approximate surface area is 133 Å². The highest BCUT2D eigenvalue weighted by Gasteiger charge is 2.15. The van der Waals surface area contributed by atoms with E-state index in [0.717, 1.165) is 0 Å². The van der Waals surface area contributed by atoms with Crippen LogP contribution in [0, 0.1) is 0 Å². The van der Waals surface area contributed by atoms with Crippen LogP contribution in [0.5, 0.6) is 0 Å². The standard InChI is InChI=1S/C16H10S4/c1-5-17-9-11(1)13-3-7-19-15(13)16-14(4-8-20-16)12-2-6-18-10-12/h1-10H. The Kier molecular flexibility index (Phi) is 3.32. The molecule has 98 valence electrons. The lowest BCUT2D eigenvalue weighted by atomic mass is 10.1. The van der Waals surface area contributed by atoms with E-state index in [9.17, 15) is 0 Å². The summed E-state index contributed by atoms with van der Waals surface area (Å²) in [6, 6.07) is 8.88. The second-order valence-electron chi connectivity index (χ2n) is 4.35. The molecule has 4 rings (SSSR count). The third-order valence-electron chi connectivity index (χ3n) is 3.20. The number of rotatable bonds is 3. The van der Waals surface area contributed by atoms with E-state index in [2.05, 4.69) is 56.5 Å². The lowest BCUT2D eigenvalue weighted by molar-refractivity contribution is 1.79. The van der Waals surface area contributed by atoms with E-state index in [1.54, 1.807) is 22.7 Å². The van der Waals surface area contributed by atoms with Gasteiger partial charge in [-0.05, 0) is 67.7 Å². The zero-order valence-corrected chi connectivity index (χ0v) is 13.7. The lowest BCUT2D eigenvalue weighted by Gasteiger charge is -2.03. The Hall–Kier alpha value is -1.20. The van der Waals surface area contributed by atoms with Crippen molar-refractivity contribution in [3.8, 4) is 32.0 Å². The van der Waals surface area contributed by atoms with Gasteiger partial charge >= 0.3 is 0 Å². The molecule has 4 heteroatoms. The predicted octanol–water partition coefficient (Wildman–Crippen LogP) is 6.93. The van der Waals surface area contributed by atoms with Crippen LogP contribution in [-0.4, -0.2) is 0 Å². The molecule has 20 heavy (non-hydrogen) atoms. The number of hydrogen-bond acceptors (Lipinski definition) is 4. The van der Waals surface area contributed by atoms with Gasteiger partial charge in [0, 0.05) is 11.1 Å². The molecule has 0 saturated carbocycles. The van der Waals surface area contributed by atoms with Crippen LogP contribution in [0.1, 0.15) is 0 Å². The Bertz CT molecular complexity index is 730. The monoisotopic (exact) mass is 330 g/mol. The fourth-order valence-electron chi connectivity index (χ4n) is 2.26. The van der Waals surface area contributed by atoms with Crippen molar-refractivity contribution in [3.63, 3.8) is 0 Å². The van der Waals surface area contributed by atoms with Crippen molar-refractivity contribution in [3.05, 3.63) is 56.5 Å². The zero-order chi connectivity index (χ0) is 13.4. The normalized spacial score (nSPS) is 11.0. The van der Waals surface area contributed by atoms with Crippen LogP contribution in [0.2, 0.25) is 0 Å². The van der Waals surface area contributed by atoms with Gasteiger partial charge in [0.25, 0.3) is 0 Å². The summed E-state index contributed by atoms with van der Waals surface area (Å²) >= 11 is 7.18. The van der Waals surface area contributed by atoms with Gasteiger partial charge in [0.05, 0.1) is 9.75 Å². The average Bonchev–Trinajstić information content (AvgIpc) is 3.23. The molecule has 0 radical (unpaired) electrons. The van der Waals surface area contributed by atoms with Crippen molar-refractivity contribution < 1.29 is 0 Å². The van der Waals surface area contributed by atoms with Gasteiger partial charge in [-0.1, -0.05) is 0 Å². The molecular formula is C16H10S4. The maximum absolute atomic E-state index is 2.24. The molecule has 0 amide bonds. The minimum atomic E-state index is 1.33. The fourth-order valence-corrected chi connectivity index (χ4v) is 5.60. The van der Waals surface area contributed by atoms with Crippen molar-refractivity contribution >= 4 is 45.3 Å². The van der Waals surface area contributed by atoms with E-state index in [4.69, 9.17) is 0 Å². The van der Waals surface area contributed by atoms with Gasteiger partial charge in [-0.3, -0.25) is 0 Å². The molecule has 4 heterocycles. The summed E-state index contributed by atoms with van der Waals surface area (Å²) in [5.74, 6) is 0. The predicted molar refractivity (Wildman–Crippen MR) is 94.3 cm³/mol. The SMILES string of the molecule is c1cc(-c2ccsc2-c2sccc2-c2ccsc2)cs1.